The summed E-state index contributed by atoms with van der Waals surface area (Å²) in [6, 6.07) is 6.89. The van der Waals surface area contributed by atoms with Gasteiger partial charge in [-0.05, 0) is 18.2 Å². The fraction of sp³-hybridized carbons (Fsp3) is 0. The lowest BCUT2D eigenvalue weighted by Gasteiger charge is -2.07. The average Bonchev–Trinajstić information content (AvgIpc) is 2.69. The van der Waals surface area contributed by atoms with Crippen LogP contribution < -0.4 is 5.43 Å². The Morgan fingerprint density at radius 2 is 1.94 bits per heavy atom. The molecule has 1 aromatic carbocycles. The summed E-state index contributed by atoms with van der Waals surface area (Å²) < 4.78 is 14.6. The molecule has 0 radical (unpaired) electrons. The van der Waals surface area contributed by atoms with Crippen molar-refractivity contribution in [3.8, 4) is 0 Å². The molecule has 0 saturated carbocycles. The van der Waals surface area contributed by atoms with Crippen LogP contribution in [0.2, 0.25) is 0 Å². The van der Waals surface area contributed by atoms with Crippen LogP contribution in [-0.2, 0) is 0 Å². The SMILES string of the molecule is O=[N+]([O-])c1cc(F)cc(Nn2cccc2)c1. The van der Waals surface area contributed by atoms with Crippen LogP contribution in [0, 0.1) is 15.9 Å². The van der Waals surface area contributed by atoms with Gasteiger partial charge in [0, 0.05) is 18.5 Å². The van der Waals surface area contributed by atoms with Crippen LogP contribution in [0.15, 0.2) is 42.7 Å². The van der Waals surface area contributed by atoms with Crippen LogP contribution in [-0.4, -0.2) is 9.60 Å². The van der Waals surface area contributed by atoms with Crippen molar-refractivity contribution in [2.24, 2.45) is 0 Å². The molecule has 2 rings (SSSR count). The summed E-state index contributed by atoms with van der Waals surface area (Å²) in [5, 5.41) is 10.5. The summed E-state index contributed by atoms with van der Waals surface area (Å²) >= 11 is 0. The first-order chi connectivity index (χ1) is 7.65. The number of anilines is 1. The zero-order valence-corrected chi connectivity index (χ0v) is 8.13. The molecule has 2 aromatic rings. The fourth-order valence-electron chi connectivity index (χ4n) is 1.30. The molecule has 5 nitrogen and oxygen atoms in total. The first kappa shape index (κ1) is 10.2. The molecule has 0 aliphatic carbocycles. The number of hydrogen-bond donors (Lipinski definition) is 1. The molecular weight excluding hydrogens is 213 g/mol. The van der Waals surface area contributed by atoms with Gasteiger partial charge in [-0.1, -0.05) is 0 Å². The molecule has 0 aliphatic heterocycles. The molecule has 0 saturated heterocycles. The largest absolute Gasteiger partial charge is 0.295 e. The van der Waals surface area contributed by atoms with Crippen molar-refractivity contribution in [1.29, 1.82) is 0 Å². The number of non-ortho nitro benzene ring substituents is 1. The molecule has 16 heavy (non-hydrogen) atoms. The second-order valence-corrected chi connectivity index (χ2v) is 3.16. The highest BCUT2D eigenvalue weighted by Crippen LogP contribution is 2.19. The highest BCUT2D eigenvalue weighted by Gasteiger charge is 2.09. The minimum Gasteiger partial charge on any atom is -0.295 e. The Morgan fingerprint density at radius 3 is 2.56 bits per heavy atom. The smallest absolute Gasteiger partial charge is 0.274 e. The molecule has 0 fully saturated rings. The minimum absolute atomic E-state index is 0.283. The van der Waals surface area contributed by atoms with Crippen molar-refractivity contribution < 1.29 is 9.31 Å². The van der Waals surface area contributed by atoms with E-state index >= 15 is 0 Å². The molecule has 0 aliphatic rings. The van der Waals surface area contributed by atoms with Crippen molar-refractivity contribution in [1.82, 2.24) is 4.68 Å². The van der Waals surface area contributed by atoms with E-state index in [2.05, 4.69) is 5.43 Å². The summed E-state index contributed by atoms with van der Waals surface area (Å²) in [6.45, 7) is 0. The molecule has 6 heteroatoms. The molecule has 0 unspecified atom stereocenters. The molecular formula is C10H8FN3O2. The maximum absolute atomic E-state index is 13.1. The molecule has 0 bridgehead atoms. The van der Waals surface area contributed by atoms with E-state index in [1.807, 2.05) is 0 Å². The van der Waals surface area contributed by atoms with Gasteiger partial charge in [-0.25, -0.2) is 4.39 Å². The van der Waals surface area contributed by atoms with Crippen LogP contribution in [0.3, 0.4) is 0 Å². The van der Waals surface area contributed by atoms with Gasteiger partial charge < -0.3 is 0 Å². The monoisotopic (exact) mass is 221 g/mol. The highest BCUT2D eigenvalue weighted by atomic mass is 19.1. The second-order valence-electron chi connectivity index (χ2n) is 3.16. The fourth-order valence-corrected chi connectivity index (χ4v) is 1.30. The standard InChI is InChI=1S/C10H8FN3O2/c11-8-5-9(7-10(6-8)14(15)16)12-13-3-1-2-4-13/h1-7,12H. The Balaban J connectivity index is 2.31. The van der Waals surface area contributed by atoms with Gasteiger partial charge in [-0.3, -0.25) is 20.2 Å². The van der Waals surface area contributed by atoms with E-state index in [1.165, 1.54) is 12.1 Å². The summed E-state index contributed by atoms with van der Waals surface area (Å²) in [5.74, 6) is -0.649. The Bertz CT molecular complexity index is 511. The van der Waals surface area contributed by atoms with Gasteiger partial charge in [0.05, 0.1) is 16.7 Å². The minimum atomic E-state index is -0.649. The van der Waals surface area contributed by atoms with Crippen molar-refractivity contribution >= 4 is 11.4 Å². The van der Waals surface area contributed by atoms with E-state index in [4.69, 9.17) is 0 Å². The topological polar surface area (TPSA) is 60.1 Å². The average molecular weight is 221 g/mol. The number of nitrogens with zero attached hydrogens (tertiary/aromatic N) is 2. The van der Waals surface area contributed by atoms with E-state index in [9.17, 15) is 14.5 Å². The van der Waals surface area contributed by atoms with Gasteiger partial charge in [0.1, 0.15) is 5.82 Å². The van der Waals surface area contributed by atoms with Crippen LogP contribution in [0.4, 0.5) is 15.8 Å². The van der Waals surface area contributed by atoms with Gasteiger partial charge in [0.2, 0.25) is 0 Å². The van der Waals surface area contributed by atoms with Crippen molar-refractivity contribution in [2.45, 2.75) is 0 Å². The van der Waals surface area contributed by atoms with Gasteiger partial charge >= 0.3 is 0 Å². The third-order valence-electron chi connectivity index (χ3n) is 1.96. The number of nitrogens with one attached hydrogen (secondary N) is 1. The number of hydrogen-bond acceptors (Lipinski definition) is 3. The van der Waals surface area contributed by atoms with E-state index in [0.29, 0.717) is 5.69 Å². The maximum Gasteiger partial charge on any atom is 0.274 e. The van der Waals surface area contributed by atoms with Crippen molar-refractivity contribution in [3.05, 3.63) is 58.7 Å². The van der Waals surface area contributed by atoms with Crippen molar-refractivity contribution in [2.75, 3.05) is 5.43 Å². The lowest BCUT2D eigenvalue weighted by molar-refractivity contribution is -0.385. The first-order valence-corrected chi connectivity index (χ1v) is 4.50. The van der Waals surface area contributed by atoms with E-state index in [0.717, 1.165) is 6.07 Å². The lowest BCUT2D eigenvalue weighted by Crippen LogP contribution is -2.06. The summed E-state index contributed by atoms with van der Waals surface area (Å²) in [7, 11) is 0. The highest BCUT2D eigenvalue weighted by molar-refractivity contribution is 5.51. The number of aromatic nitrogens is 1. The number of benzene rings is 1. The predicted molar refractivity (Wildman–Crippen MR) is 56.5 cm³/mol. The van der Waals surface area contributed by atoms with E-state index in [-0.39, 0.29) is 5.69 Å². The zero-order chi connectivity index (χ0) is 11.5. The summed E-state index contributed by atoms with van der Waals surface area (Å²) in [5.41, 5.74) is 2.83. The van der Waals surface area contributed by atoms with Gasteiger partial charge in [-0.15, -0.1) is 0 Å². The molecule has 0 spiro atoms. The Kier molecular flexibility index (Phi) is 2.55. The van der Waals surface area contributed by atoms with Crippen LogP contribution >= 0.6 is 0 Å². The summed E-state index contributed by atoms with van der Waals surface area (Å²) in [6.07, 6.45) is 3.41. The van der Waals surface area contributed by atoms with Crippen LogP contribution in [0.5, 0.6) is 0 Å². The number of rotatable bonds is 3. The van der Waals surface area contributed by atoms with Gasteiger partial charge in [-0.2, -0.15) is 0 Å². The number of nitro benzene ring substituents is 1. The van der Waals surface area contributed by atoms with E-state index < -0.39 is 10.7 Å². The number of halogens is 1. The normalized spacial score (nSPS) is 10.1. The third-order valence-corrected chi connectivity index (χ3v) is 1.96. The molecule has 1 N–H and O–H groups in total. The quantitative estimate of drug-likeness (QED) is 0.639. The molecule has 0 atom stereocenters. The summed E-state index contributed by atoms with van der Waals surface area (Å²) in [4.78, 5) is 9.88. The maximum atomic E-state index is 13.1. The first-order valence-electron chi connectivity index (χ1n) is 4.50. The predicted octanol–water partition coefficient (Wildman–Crippen LogP) is 2.41. The van der Waals surface area contributed by atoms with Crippen LogP contribution in [0.25, 0.3) is 0 Å². The Morgan fingerprint density at radius 1 is 1.25 bits per heavy atom. The zero-order valence-electron chi connectivity index (χ0n) is 8.13. The van der Waals surface area contributed by atoms with E-state index in [1.54, 1.807) is 29.2 Å². The molecule has 82 valence electrons. The lowest BCUT2D eigenvalue weighted by atomic mass is 10.3. The Hall–Kier alpha value is -2.37. The molecule has 1 heterocycles. The van der Waals surface area contributed by atoms with Crippen LogP contribution in [0.1, 0.15) is 0 Å². The number of nitro groups is 1. The Labute approximate surface area is 90.2 Å². The molecule has 0 amide bonds. The van der Waals surface area contributed by atoms with Gasteiger partial charge in [0.15, 0.2) is 0 Å². The van der Waals surface area contributed by atoms with Gasteiger partial charge in [0.25, 0.3) is 5.69 Å². The van der Waals surface area contributed by atoms with Crippen molar-refractivity contribution in [3.63, 3.8) is 0 Å². The third kappa shape index (κ3) is 2.17. The molecule has 1 aromatic heterocycles. The second kappa shape index (κ2) is 4.01.